The zero-order chi connectivity index (χ0) is 12.1. The first-order valence-electron chi connectivity index (χ1n) is 3.54. The second-order valence-electron chi connectivity index (χ2n) is 3.04. The Hall–Kier alpha value is -0.500. The molecule has 0 unspecified atom stereocenters. The van der Waals surface area contributed by atoms with Crippen LogP contribution in [0.2, 0.25) is 0 Å². The fourth-order valence-corrected chi connectivity index (χ4v) is 2.38. The van der Waals surface area contributed by atoms with Gasteiger partial charge < -0.3 is 5.11 Å². The van der Waals surface area contributed by atoms with Gasteiger partial charge in [0.2, 0.25) is 0 Å². The Labute approximate surface area is 90.8 Å². The van der Waals surface area contributed by atoms with Gasteiger partial charge in [-0.2, -0.15) is 0 Å². The lowest BCUT2D eigenvalue weighted by Gasteiger charge is -2.40. The molecule has 1 N–H and O–H groups in total. The zero-order valence-corrected chi connectivity index (χ0v) is 9.68. The Bertz CT molecular complexity index is 403. The molecule has 0 aromatic heterocycles. The van der Waals surface area contributed by atoms with Gasteiger partial charge in [0.05, 0.1) is 4.47 Å². The van der Waals surface area contributed by atoms with E-state index in [1.807, 2.05) is 0 Å². The molecule has 0 bridgehead atoms. The minimum atomic E-state index is -9.66. The van der Waals surface area contributed by atoms with Crippen LogP contribution in [0.4, 0.5) is 19.4 Å². The molecular weight excluding hydrogens is 307 g/mol. The number of phenols is 1. The van der Waals surface area contributed by atoms with Crippen LogP contribution in [0.15, 0.2) is 21.5 Å². The Morgan fingerprint density at radius 1 is 1.13 bits per heavy atom. The summed E-state index contributed by atoms with van der Waals surface area (Å²) in [6.07, 6.45) is 0. The molecule has 0 atom stereocenters. The zero-order valence-electron chi connectivity index (χ0n) is 7.28. The summed E-state index contributed by atoms with van der Waals surface area (Å²) in [5.74, 6) is -0.486. The molecule has 8 heteroatoms. The highest BCUT2D eigenvalue weighted by molar-refractivity contribution is 9.10. The van der Waals surface area contributed by atoms with Gasteiger partial charge in [0.15, 0.2) is 0 Å². The summed E-state index contributed by atoms with van der Waals surface area (Å²) in [6.45, 7) is 1.10. The third kappa shape index (κ3) is 2.75. The first-order valence-corrected chi connectivity index (χ1v) is 6.29. The van der Waals surface area contributed by atoms with Crippen LogP contribution in [0, 0.1) is 6.92 Å². The van der Waals surface area contributed by atoms with Gasteiger partial charge in [0.1, 0.15) is 10.6 Å². The minimum absolute atomic E-state index is 0.171. The molecule has 0 amide bonds. The number of aryl methyl sites for hydroxylation is 1. The van der Waals surface area contributed by atoms with E-state index in [4.69, 9.17) is 5.11 Å². The van der Waals surface area contributed by atoms with E-state index in [-0.39, 0.29) is 17.7 Å². The lowest BCUT2D eigenvalue weighted by atomic mass is 10.2. The van der Waals surface area contributed by atoms with Gasteiger partial charge in [-0.15, -0.1) is 0 Å². The number of phenolic OH excluding ortho intramolecular Hbond substituents is 1. The van der Waals surface area contributed by atoms with E-state index in [9.17, 15) is 19.4 Å². The fourth-order valence-electron chi connectivity index (χ4n) is 0.928. The predicted molar refractivity (Wildman–Crippen MR) is 51.9 cm³/mol. The average molecular weight is 313 g/mol. The van der Waals surface area contributed by atoms with Crippen LogP contribution in [0.3, 0.4) is 0 Å². The third-order valence-corrected chi connectivity index (χ3v) is 3.40. The molecule has 1 rings (SSSR count). The Balaban J connectivity index is 3.58. The minimum Gasteiger partial charge on any atom is -0.506 e. The van der Waals surface area contributed by atoms with Crippen LogP contribution in [0.1, 0.15) is 5.56 Å². The second kappa shape index (κ2) is 2.60. The summed E-state index contributed by atoms with van der Waals surface area (Å²) in [4.78, 5) is -2.02. The molecule has 0 saturated heterocycles. The van der Waals surface area contributed by atoms with Gasteiger partial charge in [-0.3, -0.25) is 0 Å². The van der Waals surface area contributed by atoms with Crippen LogP contribution in [0.25, 0.3) is 0 Å². The van der Waals surface area contributed by atoms with Crippen LogP contribution >= 0.6 is 26.2 Å². The van der Waals surface area contributed by atoms with E-state index >= 15 is 0 Å². The number of hydrogen-bond acceptors (Lipinski definition) is 1. The smallest absolute Gasteiger partial charge is 0.310 e. The molecule has 0 fully saturated rings. The van der Waals surface area contributed by atoms with Crippen molar-refractivity contribution in [3.8, 4) is 5.75 Å². The summed E-state index contributed by atoms with van der Waals surface area (Å²) < 4.78 is 61.3. The topological polar surface area (TPSA) is 20.2 Å². The molecule has 0 aliphatic carbocycles. The summed E-state index contributed by atoms with van der Waals surface area (Å²) in [5.41, 5.74) is -0.271. The quantitative estimate of drug-likeness (QED) is 0.713. The van der Waals surface area contributed by atoms with E-state index in [1.54, 1.807) is 0 Å². The van der Waals surface area contributed by atoms with Crippen LogP contribution in [0.5, 0.6) is 5.75 Å². The van der Waals surface area contributed by atoms with Gasteiger partial charge in [0.25, 0.3) is 0 Å². The van der Waals surface area contributed by atoms with Crippen molar-refractivity contribution in [2.45, 2.75) is 11.8 Å². The highest BCUT2D eigenvalue weighted by Crippen LogP contribution is 3.02. The van der Waals surface area contributed by atoms with E-state index in [1.165, 1.54) is 0 Å². The van der Waals surface area contributed by atoms with Crippen LogP contribution in [-0.2, 0) is 0 Å². The number of aromatic hydroxyl groups is 1. The van der Waals surface area contributed by atoms with E-state index in [0.717, 1.165) is 6.92 Å². The normalized spacial score (nSPS) is 17.0. The van der Waals surface area contributed by atoms with Crippen LogP contribution in [-0.4, -0.2) is 5.11 Å². The van der Waals surface area contributed by atoms with Crippen molar-refractivity contribution < 1.29 is 24.5 Å². The van der Waals surface area contributed by atoms with Crippen molar-refractivity contribution in [1.82, 2.24) is 0 Å². The summed E-state index contributed by atoms with van der Waals surface area (Å²) in [6, 6.07) is 0.394. The molecule has 1 aromatic carbocycles. The van der Waals surface area contributed by atoms with Crippen molar-refractivity contribution in [2.24, 2.45) is 0 Å². The lowest BCUT2D eigenvalue weighted by molar-refractivity contribution is 0.363. The predicted octanol–water partition coefficient (Wildman–Crippen LogP) is 5.12. The summed E-state index contributed by atoms with van der Waals surface area (Å²) in [5, 5.41) is 9.12. The number of halogens is 6. The standard InChI is InChI=1S/C7H6BrF5OS/c1-4-2-5(3-6(8)7(4)14)15(9,10,11,12)13/h2-3,14H,1H3. The number of rotatable bonds is 1. The van der Waals surface area contributed by atoms with Crippen molar-refractivity contribution in [3.05, 3.63) is 22.2 Å². The average Bonchev–Trinajstić information content (AvgIpc) is 1.94. The molecule has 0 aliphatic rings. The van der Waals surface area contributed by atoms with Crippen molar-refractivity contribution in [2.75, 3.05) is 0 Å². The molecule has 88 valence electrons. The summed E-state index contributed by atoms with van der Waals surface area (Å²) >= 11 is 2.57. The molecule has 0 spiro atoms. The van der Waals surface area contributed by atoms with Gasteiger partial charge in [-0.1, -0.05) is 19.4 Å². The molecule has 15 heavy (non-hydrogen) atoms. The number of hydrogen-bond donors (Lipinski definition) is 1. The molecule has 0 saturated carbocycles. The summed E-state index contributed by atoms with van der Waals surface area (Å²) in [7, 11) is -9.66. The SMILES string of the molecule is Cc1cc(S(F)(F)(F)(F)F)cc(Br)c1O. The first-order chi connectivity index (χ1) is 6.31. The Morgan fingerprint density at radius 3 is 1.93 bits per heavy atom. The highest BCUT2D eigenvalue weighted by Gasteiger charge is 2.65. The molecule has 0 aliphatic heterocycles. The molecule has 0 heterocycles. The highest BCUT2D eigenvalue weighted by atomic mass is 79.9. The maximum absolute atomic E-state index is 12.3. The maximum atomic E-state index is 12.3. The third-order valence-electron chi connectivity index (χ3n) is 1.67. The lowest BCUT2D eigenvalue weighted by Crippen LogP contribution is -2.06. The second-order valence-corrected chi connectivity index (χ2v) is 6.30. The molecule has 1 nitrogen and oxygen atoms in total. The monoisotopic (exact) mass is 312 g/mol. The van der Waals surface area contributed by atoms with E-state index in [2.05, 4.69) is 15.9 Å². The largest absolute Gasteiger partial charge is 0.506 e. The van der Waals surface area contributed by atoms with Gasteiger partial charge >= 0.3 is 10.2 Å². The molecule has 1 aromatic rings. The van der Waals surface area contributed by atoms with Crippen molar-refractivity contribution in [1.29, 1.82) is 0 Å². The van der Waals surface area contributed by atoms with E-state index < -0.39 is 25.3 Å². The maximum Gasteiger partial charge on any atom is 0.310 e. The fraction of sp³-hybridized carbons (Fsp3) is 0.143. The Morgan fingerprint density at radius 2 is 1.60 bits per heavy atom. The van der Waals surface area contributed by atoms with E-state index in [0.29, 0.717) is 0 Å². The van der Waals surface area contributed by atoms with Crippen molar-refractivity contribution in [3.63, 3.8) is 0 Å². The number of benzene rings is 1. The Kier molecular flexibility index (Phi) is 2.18. The van der Waals surface area contributed by atoms with Gasteiger partial charge in [-0.25, -0.2) is 0 Å². The first kappa shape index (κ1) is 12.6. The molecular formula is C7H6BrF5OS. The molecule has 0 radical (unpaired) electrons. The van der Waals surface area contributed by atoms with Crippen molar-refractivity contribution >= 4 is 26.2 Å². The van der Waals surface area contributed by atoms with Gasteiger partial charge in [0, 0.05) is 0 Å². The van der Waals surface area contributed by atoms with Gasteiger partial charge in [-0.05, 0) is 40.5 Å². The van der Waals surface area contributed by atoms with Crippen LogP contribution < -0.4 is 0 Å².